The Morgan fingerprint density at radius 1 is 1.25 bits per heavy atom. The van der Waals surface area contributed by atoms with Gasteiger partial charge in [0.15, 0.2) is 5.82 Å². The van der Waals surface area contributed by atoms with Crippen LogP contribution in [0.1, 0.15) is 16.8 Å². The number of methoxy groups -OCH3 is 1. The average molecular weight is 386 g/mol. The van der Waals surface area contributed by atoms with Crippen molar-refractivity contribution in [3.8, 4) is 5.75 Å². The molecule has 0 amide bonds. The van der Waals surface area contributed by atoms with E-state index < -0.39 is 5.82 Å². The molecule has 0 saturated carbocycles. The molecule has 1 aromatic carbocycles. The van der Waals surface area contributed by atoms with Gasteiger partial charge in [0, 0.05) is 38.1 Å². The van der Waals surface area contributed by atoms with Gasteiger partial charge >= 0.3 is 5.97 Å². The van der Waals surface area contributed by atoms with Crippen LogP contribution in [0.15, 0.2) is 36.7 Å². The summed E-state index contributed by atoms with van der Waals surface area (Å²) in [6.45, 7) is 4.18. The molecule has 0 N–H and O–H groups in total. The van der Waals surface area contributed by atoms with Crippen LogP contribution in [-0.2, 0) is 4.74 Å². The van der Waals surface area contributed by atoms with Gasteiger partial charge in [-0.15, -0.1) is 0 Å². The molecule has 8 heteroatoms. The van der Waals surface area contributed by atoms with Crippen LogP contribution >= 0.6 is 0 Å². The SMILES string of the molecule is COC(=O)c1cccc(OCC2CC3CN(c4ncc(F)cn4)CCN3C2)c1. The summed E-state index contributed by atoms with van der Waals surface area (Å²) in [4.78, 5) is 24.4. The Bertz CT molecular complexity index is 832. The predicted molar refractivity (Wildman–Crippen MR) is 101 cm³/mol. The first-order valence-corrected chi connectivity index (χ1v) is 9.40. The topological polar surface area (TPSA) is 67.8 Å². The molecule has 0 spiro atoms. The molecule has 2 aliphatic rings. The number of ether oxygens (including phenoxy) is 2. The summed E-state index contributed by atoms with van der Waals surface area (Å²) in [7, 11) is 1.37. The van der Waals surface area contributed by atoms with Crippen molar-refractivity contribution in [2.45, 2.75) is 12.5 Å². The van der Waals surface area contributed by atoms with Gasteiger partial charge < -0.3 is 14.4 Å². The maximum absolute atomic E-state index is 13.0. The quantitative estimate of drug-likeness (QED) is 0.728. The Labute approximate surface area is 163 Å². The number of benzene rings is 1. The van der Waals surface area contributed by atoms with E-state index in [9.17, 15) is 9.18 Å². The van der Waals surface area contributed by atoms with Crippen LogP contribution in [-0.4, -0.2) is 66.8 Å². The highest BCUT2D eigenvalue weighted by Gasteiger charge is 2.37. The highest BCUT2D eigenvalue weighted by molar-refractivity contribution is 5.89. The Morgan fingerprint density at radius 2 is 2.07 bits per heavy atom. The van der Waals surface area contributed by atoms with E-state index in [1.165, 1.54) is 19.5 Å². The van der Waals surface area contributed by atoms with Crippen molar-refractivity contribution in [2.24, 2.45) is 5.92 Å². The zero-order valence-electron chi connectivity index (χ0n) is 15.8. The number of carbonyl (C=O) groups excluding carboxylic acids is 1. The fourth-order valence-corrected chi connectivity index (χ4v) is 3.96. The first-order chi connectivity index (χ1) is 13.6. The summed E-state index contributed by atoms with van der Waals surface area (Å²) in [6, 6.07) is 7.47. The van der Waals surface area contributed by atoms with Crippen molar-refractivity contribution >= 4 is 11.9 Å². The molecule has 3 heterocycles. The van der Waals surface area contributed by atoms with Crippen molar-refractivity contribution in [3.63, 3.8) is 0 Å². The number of anilines is 1. The van der Waals surface area contributed by atoms with E-state index in [1.54, 1.807) is 18.2 Å². The molecule has 148 valence electrons. The fourth-order valence-electron chi connectivity index (χ4n) is 3.96. The molecule has 2 aliphatic heterocycles. The number of aromatic nitrogens is 2. The Hall–Kier alpha value is -2.74. The van der Waals surface area contributed by atoms with Crippen LogP contribution in [0.2, 0.25) is 0 Å². The highest BCUT2D eigenvalue weighted by atomic mass is 19.1. The summed E-state index contributed by atoms with van der Waals surface area (Å²) >= 11 is 0. The van der Waals surface area contributed by atoms with Crippen molar-refractivity contribution in [3.05, 3.63) is 48.0 Å². The zero-order valence-corrected chi connectivity index (χ0v) is 15.8. The molecule has 4 rings (SSSR count). The third-order valence-corrected chi connectivity index (χ3v) is 5.33. The lowest BCUT2D eigenvalue weighted by Gasteiger charge is -2.37. The summed E-state index contributed by atoms with van der Waals surface area (Å²) in [5.41, 5.74) is 0.485. The molecule has 28 heavy (non-hydrogen) atoms. The predicted octanol–water partition coefficient (Wildman–Crippen LogP) is 1.99. The first-order valence-electron chi connectivity index (χ1n) is 9.40. The Kier molecular flexibility index (Phi) is 5.38. The Morgan fingerprint density at radius 3 is 2.86 bits per heavy atom. The van der Waals surface area contributed by atoms with Crippen molar-refractivity contribution in [1.29, 1.82) is 0 Å². The largest absolute Gasteiger partial charge is 0.493 e. The van der Waals surface area contributed by atoms with E-state index >= 15 is 0 Å². The number of esters is 1. The van der Waals surface area contributed by atoms with E-state index in [1.807, 2.05) is 6.07 Å². The lowest BCUT2D eigenvalue weighted by Crippen LogP contribution is -2.50. The number of carbonyl (C=O) groups is 1. The lowest BCUT2D eigenvalue weighted by molar-refractivity contribution is 0.0600. The number of fused-ring (bicyclic) bond motifs is 1. The fraction of sp³-hybridized carbons (Fsp3) is 0.450. The van der Waals surface area contributed by atoms with Gasteiger partial charge in [-0.3, -0.25) is 4.90 Å². The van der Waals surface area contributed by atoms with E-state index in [4.69, 9.17) is 9.47 Å². The molecule has 2 atom stereocenters. The molecule has 1 aromatic heterocycles. The second-order valence-corrected chi connectivity index (χ2v) is 7.23. The number of hydrogen-bond acceptors (Lipinski definition) is 7. The molecule has 0 bridgehead atoms. The smallest absolute Gasteiger partial charge is 0.337 e. The number of rotatable bonds is 5. The standard InChI is InChI=1S/C20H23FN4O3/c1-27-19(26)15-3-2-4-18(8-15)28-13-14-7-17-12-25(6-5-24(17)11-14)20-22-9-16(21)10-23-20/h2-4,8-10,14,17H,5-7,11-13H2,1H3. The second kappa shape index (κ2) is 8.10. The lowest BCUT2D eigenvalue weighted by atomic mass is 10.1. The van der Waals surface area contributed by atoms with Gasteiger partial charge in [-0.2, -0.15) is 0 Å². The third kappa shape index (κ3) is 4.06. The minimum Gasteiger partial charge on any atom is -0.493 e. The number of piperazine rings is 1. The average Bonchev–Trinajstić information content (AvgIpc) is 3.14. The van der Waals surface area contributed by atoms with E-state index in [0.29, 0.717) is 35.8 Å². The van der Waals surface area contributed by atoms with Crippen LogP contribution in [0, 0.1) is 11.7 Å². The molecular formula is C20H23FN4O3. The molecule has 2 saturated heterocycles. The first kappa shape index (κ1) is 18.6. The van der Waals surface area contributed by atoms with Gasteiger partial charge in [0.1, 0.15) is 5.75 Å². The van der Waals surface area contributed by atoms with Gasteiger partial charge in [0.05, 0.1) is 31.7 Å². The van der Waals surface area contributed by atoms with Crippen LogP contribution in [0.4, 0.5) is 10.3 Å². The number of halogens is 1. The monoisotopic (exact) mass is 386 g/mol. The second-order valence-electron chi connectivity index (χ2n) is 7.23. The van der Waals surface area contributed by atoms with Crippen LogP contribution in [0.5, 0.6) is 5.75 Å². The van der Waals surface area contributed by atoms with Gasteiger partial charge in [0.25, 0.3) is 0 Å². The van der Waals surface area contributed by atoms with E-state index in [-0.39, 0.29) is 5.97 Å². The molecule has 0 radical (unpaired) electrons. The molecule has 2 fully saturated rings. The van der Waals surface area contributed by atoms with Crippen LogP contribution in [0.25, 0.3) is 0 Å². The zero-order chi connectivity index (χ0) is 19.5. The summed E-state index contributed by atoms with van der Waals surface area (Å²) in [5, 5.41) is 0. The van der Waals surface area contributed by atoms with Gasteiger partial charge in [0.2, 0.25) is 5.95 Å². The van der Waals surface area contributed by atoms with Crippen LogP contribution in [0.3, 0.4) is 0 Å². The molecule has 2 aromatic rings. The van der Waals surface area contributed by atoms with Crippen molar-refractivity contribution in [2.75, 3.05) is 44.8 Å². The minimum absolute atomic E-state index is 0.369. The van der Waals surface area contributed by atoms with Gasteiger partial charge in [-0.1, -0.05) is 6.07 Å². The number of nitrogens with zero attached hydrogens (tertiary/aromatic N) is 4. The molecule has 0 aliphatic carbocycles. The summed E-state index contributed by atoms with van der Waals surface area (Å²) in [6.07, 6.45) is 3.44. The maximum Gasteiger partial charge on any atom is 0.337 e. The van der Waals surface area contributed by atoms with Crippen LogP contribution < -0.4 is 9.64 Å². The molecule has 7 nitrogen and oxygen atoms in total. The number of hydrogen-bond donors (Lipinski definition) is 0. The van der Waals surface area contributed by atoms with E-state index in [2.05, 4.69) is 19.8 Å². The summed E-state index contributed by atoms with van der Waals surface area (Å²) in [5.74, 6) is 0.888. The van der Waals surface area contributed by atoms with Gasteiger partial charge in [-0.25, -0.2) is 19.2 Å². The van der Waals surface area contributed by atoms with E-state index in [0.717, 1.165) is 32.6 Å². The van der Waals surface area contributed by atoms with Crippen molar-refractivity contribution < 1.29 is 18.7 Å². The normalized spacial score (nSPS) is 22.0. The maximum atomic E-state index is 13.0. The van der Waals surface area contributed by atoms with Crippen molar-refractivity contribution in [1.82, 2.24) is 14.9 Å². The summed E-state index contributed by atoms with van der Waals surface area (Å²) < 4.78 is 23.7. The molecular weight excluding hydrogens is 363 g/mol. The minimum atomic E-state index is -0.420. The Balaban J connectivity index is 1.32. The van der Waals surface area contributed by atoms with Gasteiger partial charge in [-0.05, 0) is 24.6 Å². The highest BCUT2D eigenvalue weighted by Crippen LogP contribution is 2.28. The molecule has 2 unspecified atom stereocenters. The third-order valence-electron chi connectivity index (χ3n) is 5.33.